The number of hydrogen-bond acceptors (Lipinski definition) is 6. The quantitative estimate of drug-likeness (QED) is 0.382. The third-order valence-electron chi connectivity index (χ3n) is 4.61. The van der Waals surface area contributed by atoms with Gasteiger partial charge in [-0.05, 0) is 38.6 Å². The summed E-state index contributed by atoms with van der Waals surface area (Å²) in [4.78, 5) is 30.4. The van der Waals surface area contributed by atoms with Crippen molar-refractivity contribution in [3.63, 3.8) is 0 Å². The van der Waals surface area contributed by atoms with Gasteiger partial charge in [0.25, 0.3) is 5.91 Å². The number of likely N-dealkylation sites (N-methyl/N-ethyl adjacent to an activating group) is 1. The highest BCUT2D eigenvalue weighted by molar-refractivity contribution is 6.02. The largest absolute Gasteiger partial charge is 0.463 e. The molecule has 0 radical (unpaired) electrons. The summed E-state index contributed by atoms with van der Waals surface area (Å²) < 4.78 is 5.13. The summed E-state index contributed by atoms with van der Waals surface area (Å²) in [6.07, 6.45) is 4.78. The molecule has 2 aliphatic rings. The van der Waals surface area contributed by atoms with Crippen LogP contribution < -0.4 is 0 Å². The fourth-order valence-corrected chi connectivity index (χ4v) is 3.01. The van der Waals surface area contributed by atoms with Gasteiger partial charge in [0, 0.05) is 32.7 Å². The molecule has 2 aliphatic heterocycles. The van der Waals surface area contributed by atoms with E-state index in [0.717, 1.165) is 45.6 Å². The Hall–Kier alpha value is -1.61. The minimum atomic E-state index is -0.354. The minimum Gasteiger partial charge on any atom is -0.463 e. The number of carbonyl (C=O) groups excluding carboxylic acids is 2. The van der Waals surface area contributed by atoms with Gasteiger partial charge in [0.05, 0.1) is 12.5 Å². The number of urea groups is 1. The van der Waals surface area contributed by atoms with E-state index in [-0.39, 0.29) is 43.3 Å². The Labute approximate surface area is 171 Å². The maximum Gasteiger partial charge on any atom is 0.347 e. The molecule has 10 heteroatoms. The molecule has 3 amide bonds. The van der Waals surface area contributed by atoms with Crippen molar-refractivity contribution in [3.05, 3.63) is 24.2 Å². The van der Waals surface area contributed by atoms with Gasteiger partial charge in [-0.3, -0.25) is 9.69 Å². The van der Waals surface area contributed by atoms with Crippen LogP contribution in [0.3, 0.4) is 0 Å². The molecule has 0 bridgehead atoms. The summed E-state index contributed by atoms with van der Waals surface area (Å²) >= 11 is 0. The van der Waals surface area contributed by atoms with E-state index in [1.165, 1.54) is 22.4 Å². The first kappa shape index (κ1) is 23.4. The lowest BCUT2D eigenvalue weighted by atomic mass is 10.2. The van der Waals surface area contributed by atoms with E-state index < -0.39 is 0 Å². The normalized spacial score (nSPS) is 18.9. The Kier molecular flexibility index (Phi) is 9.79. The minimum absolute atomic E-state index is 0. The van der Waals surface area contributed by atoms with Crippen molar-refractivity contribution < 1.29 is 14.0 Å². The smallest absolute Gasteiger partial charge is 0.347 e. The number of furan rings is 1. The average Bonchev–Trinajstić information content (AvgIpc) is 3.21. The number of piperazine rings is 1. The molecule has 0 unspecified atom stereocenters. The summed E-state index contributed by atoms with van der Waals surface area (Å²) in [5, 5.41) is 5.23. The van der Waals surface area contributed by atoms with Crippen molar-refractivity contribution in [2.45, 2.75) is 12.8 Å². The van der Waals surface area contributed by atoms with Crippen LogP contribution in [-0.2, 0) is 4.79 Å². The molecule has 1 aromatic rings. The maximum absolute atomic E-state index is 12.3. The zero-order valence-electron chi connectivity index (χ0n) is 15.5. The lowest BCUT2D eigenvalue weighted by molar-refractivity contribution is -0.125. The monoisotopic (exact) mass is 419 g/mol. The highest BCUT2D eigenvalue weighted by Gasteiger charge is 2.35. The van der Waals surface area contributed by atoms with Crippen LogP contribution in [0.1, 0.15) is 18.6 Å². The maximum atomic E-state index is 12.3. The molecule has 3 heterocycles. The molecule has 0 N–H and O–H groups in total. The topological polar surface area (TPSA) is 72.6 Å². The van der Waals surface area contributed by atoms with Crippen LogP contribution in [0.25, 0.3) is 0 Å². The highest BCUT2D eigenvalue weighted by atomic mass is 35.5. The second-order valence-corrected chi connectivity index (χ2v) is 6.50. The van der Waals surface area contributed by atoms with E-state index in [2.05, 4.69) is 21.9 Å². The second-order valence-electron chi connectivity index (χ2n) is 6.50. The molecule has 8 nitrogen and oxygen atoms in total. The number of rotatable bonds is 7. The standard InChI is InChI=1S/C17H25N5O3.2ClH/c1-19-8-10-20(11-9-19)6-2-3-7-21-16(23)14-22(17(21)24)18-13-15-5-4-12-25-15;;/h4-5,12-13H,2-3,6-11,14H2,1H3;2*1H/b18-13+;;. The van der Waals surface area contributed by atoms with Gasteiger partial charge in [0.1, 0.15) is 12.3 Å². The molecule has 0 spiro atoms. The van der Waals surface area contributed by atoms with E-state index in [1.807, 2.05) is 0 Å². The SMILES string of the molecule is CN1CCN(CCCCN2C(=O)CN(/N=C/c3ccco3)C2=O)CC1.Cl.Cl. The zero-order chi connectivity index (χ0) is 17.6. The van der Waals surface area contributed by atoms with Gasteiger partial charge >= 0.3 is 6.03 Å². The van der Waals surface area contributed by atoms with Crippen LogP contribution in [0.2, 0.25) is 0 Å². The number of amides is 3. The summed E-state index contributed by atoms with van der Waals surface area (Å²) in [5.74, 6) is 0.354. The molecule has 2 saturated heterocycles. The van der Waals surface area contributed by atoms with E-state index in [1.54, 1.807) is 12.1 Å². The molecule has 2 fully saturated rings. The Morgan fingerprint density at radius 3 is 2.48 bits per heavy atom. The van der Waals surface area contributed by atoms with Crippen LogP contribution >= 0.6 is 24.8 Å². The summed E-state index contributed by atoms with van der Waals surface area (Å²) in [6, 6.07) is 3.12. The zero-order valence-corrected chi connectivity index (χ0v) is 17.1. The van der Waals surface area contributed by atoms with Gasteiger partial charge in [-0.25, -0.2) is 9.80 Å². The van der Waals surface area contributed by atoms with Gasteiger partial charge < -0.3 is 14.2 Å². The van der Waals surface area contributed by atoms with Crippen LogP contribution in [0.4, 0.5) is 4.79 Å². The lowest BCUT2D eigenvalue weighted by Gasteiger charge is -2.32. The fraction of sp³-hybridized carbons (Fsp3) is 0.588. The van der Waals surface area contributed by atoms with Gasteiger partial charge in [0.15, 0.2) is 0 Å². The molecule has 0 aliphatic carbocycles. The van der Waals surface area contributed by atoms with Crippen LogP contribution in [0, 0.1) is 0 Å². The van der Waals surface area contributed by atoms with Crippen LogP contribution in [0.15, 0.2) is 27.9 Å². The molecule has 152 valence electrons. The summed E-state index contributed by atoms with van der Waals surface area (Å²) in [6.45, 7) is 5.86. The Morgan fingerprint density at radius 2 is 1.81 bits per heavy atom. The molecule has 0 saturated carbocycles. The summed E-state index contributed by atoms with van der Waals surface area (Å²) in [5.41, 5.74) is 0. The molecular formula is C17H27Cl2N5O3. The molecule has 0 aromatic carbocycles. The van der Waals surface area contributed by atoms with Crippen LogP contribution in [0.5, 0.6) is 0 Å². The molecule has 27 heavy (non-hydrogen) atoms. The number of hydrazone groups is 1. The Morgan fingerprint density at radius 1 is 1.11 bits per heavy atom. The van der Waals surface area contributed by atoms with Crippen molar-refractivity contribution in [2.24, 2.45) is 5.10 Å². The Balaban J connectivity index is 0.00000182. The summed E-state index contributed by atoms with van der Waals surface area (Å²) in [7, 11) is 2.14. The van der Waals surface area contributed by atoms with Crippen molar-refractivity contribution in [3.8, 4) is 0 Å². The molecule has 3 rings (SSSR count). The predicted octanol–water partition coefficient (Wildman–Crippen LogP) is 1.75. The van der Waals surface area contributed by atoms with Crippen molar-refractivity contribution in [2.75, 3.05) is 52.9 Å². The molecule has 0 atom stereocenters. The van der Waals surface area contributed by atoms with Crippen molar-refractivity contribution in [1.29, 1.82) is 0 Å². The fourth-order valence-electron chi connectivity index (χ4n) is 3.01. The number of halogens is 2. The third-order valence-corrected chi connectivity index (χ3v) is 4.61. The number of imide groups is 1. The molecular weight excluding hydrogens is 393 g/mol. The van der Waals surface area contributed by atoms with Gasteiger partial charge in [-0.1, -0.05) is 0 Å². The highest BCUT2D eigenvalue weighted by Crippen LogP contribution is 2.12. The number of nitrogens with zero attached hydrogens (tertiary/aromatic N) is 5. The van der Waals surface area contributed by atoms with Crippen molar-refractivity contribution >= 4 is 43.0 Å². The third kappa shape index (κ3) is 6.49. The predicted molar refractivity (Wildman–Crippen MR) is 108 cm³/mol. The van der Waals surface area contributed by atoms with Gasteiger partial charge in [-0.15, -0.1) is 24.8 Å². The first-order chi connectivity index (χ1) is 12.1. The van der Waals surface area contributed by atoms with Crippen molar-refractivity contribution in [1.82, 2.24) is 19.7 Å². The Bertz CT molecular complexity index is 618. The first-order valence-corrected chi connectivity index (χ1v) is 8.74. The number of hydrogen-bond donors (Lipinski definition) is 0. The van der Waals surface area contributed by atoms with Crippen LogP contribution in [-0.4, -0.2) is 90.7 Å². The van der Waals surface area contributed by atoms with E-state index in [9.17, 15) is 9.59 Å². The lowest BCUT2D eigenvalue weighted by Crippen LogP contribution is -2.44. The number of unbranched alkanes of at least 4 members (excludes halogenated alkanes) is 1. The molecule has 1 aromatic heterocycles. The van der Waals surface area contributed by atoms with E-state index in [4.69, 9.17) is 4.42 Å². The van der Waals surface area contributed by atoms with E-state index in [0.29, 0.717) is 12.3 Å². The average molecular weight is 420 g/mol. The number of carbonyl (C=O) groups is 2. The van der Waals surface area contributed by atoms with Gasteiger partial charge in [0.2, 0.25) is 0 Å². The first-order valence-electron chi connectivity index (χ1n) is 8.74. The van der Waals surface area contributed by atoms with Gasteiger partial charge in [-0.2, -0.15) is 5.10 Å². The second kappa shape index (κ2) is 11.3. The van der Waals surface area contributed by atoms with E-state index >= 15 is 0 Å².